The summed E-state index contributed by atoms with van der Waals surface area (Å²) in [7, 11) is 3.51. The van der Waals surface area contributed by atoms with E-state index in [4.69, 9.17) is 16.3 Å². The molecular formula is C23H31ClN4O2. The molecule has 162 valence electrons. The Morgan fingerprint density at radius 1 is 1.17 bits per heavy atom. The number of carbonyl (C=O) groups excluding carboxylic acids is 1. The minimum Gasteiger partial charge on any atom is -0.487 e. The average molecular weight is 431 g/mol. The molecule has 6 nitrogen and oxygen atoms in total. The normalized spacial score (nSPS) is 12.2. The van der Waals surface area contributed by atoms with Crippen molar-refractivity contribution in [1.82, 2.24) is 15.5 Å². The first-order valence-electron chi connectivity index (χ1n) is 10.1. The molecule has 0 aromatic heterocycles. The van der Waals surface area contributed by atoms with Crippen LogP contribution < -0.4 is 15.4 Å². The van der Waals surface area contributed by atoms with Crippen molar-refractivity contribution in [2.75, 3.05) is 33.7 Å². The Kier molecular flexibility index (Phi) is 9.48. The molecule has 0 fully saturated rings. The van der Waals surface area contributed by atoms with Gasteiger partial charge < -0.3 is 20.3 Å². The zero-order valence-corrected chi connectivity index (χ0v) is 18.9. The van der Waals surface area contributed by atoms with Crippen LogP contribution in [0.3, 0.4) is 0 Å². The van der Waals surface area contributed by atoms with Gasteiger partial charge in [0.15, 0.2) is 5.96 Å². The number of nitrogens with zero attached hydrogens (tertiary/aromatic N) is 2. The molecular weight excluding hydrogens is 400 g/mol. The van der Waals surface area contributed by atoms with Gasteiger partial charge in [-0.1, -0.05) is 35.9 Å². The second-order valence-corrected chi connectivity index (χ2v) is 7.56. The lowest BCUT2D eigenvalue weighted by molar-refractivity contribution is 0.0827. The smallest absolute Gasteiger partial charge is 0.253 e. The second kappa shape index (κ2) is 12.1. The summed E-state index contributed by atoms with van der Waals surface area (Å²) in [5, 5.41) is 7.16. The summed E-state index contributed by atoms with van der Waals surface area (Å²) in [6.07, 6.45) is 0.666. The van der Waals surface area contributed by atoms with E-state index in [0.29, 0.717) is 29.4 Å². The fourth-order valence-corrected chi connectivity index (χ4v) is 2.98. The van der Waals surface area contributed by atoms with Gasteiger partial charge in [0, 0.05) is 32.7 Å². The molecule has 0 aliphatic carbocycles. The van der Waals surface area contributed by atoms with Gasteiger partial charge in [-0.25, -0.2) is 4.99 Å². The molecule has 0 radical (unpaired) electrons. The van der Waals surface area contributed by atoms with Crippen molar-refractivity contribution in [2.24, 2.45) is 4.99 Å². The molecule has 2 aromatic rings. The zero-order valence-electron chi connectivity index (χ0n) is 18.1. The molecule has 2 aromatic carbocycles. The van der Waals surface area contributed by atoms with E-state index in [9.17, 15) is 4.79 Å². The number of benzene rings is 2. The van der Waals surface area contributed by atoms with Crippen LogP contribution in [0, 0.1) is 0 Å². The van der Waals surface area contributed by atoms with Crippen LogP contribution in [0.2, 0.25) is 5.02 Å². The van der Waals surface area contributed by atoms with Gasteiger partial charge in [-0.3, -0.25) is 4.79 Å². The Hall–Kier alpha value is -2.73. The number of guanidine groups is 1. The number of hydrogen-bond acceptors (Lipinski definition) is 3. The number of carbonyl (C=O) groups is 1. The summed E-state index contributed by atoms with van der Waals surface area (Å²) in [6, 6.07) is 15.1. The van der Waals surface area contributed by atoms with Crippen molar-refractivity contribution in [2.45, 2.75) is 26.4 Å². The standard InChI is InChI=1S/C23H31ClN4O2/c1-5-25-23(27-16-17(2)30-21-12-7-6-11-20(21)24)26-14-13-18-9-8-10-19(15-18)22(29)28(3)4/h6-12,15,17H,5,13-14,16H2,1-4H3,(H2,25,26,27). The molecule has 2 N–H and O–H groups in total. The van der Waals surface area contributed by atoms with E-state index in [2.05, 4.69) is 15.6 Å². The van der Waals surface area contributed by atoms with Gasteiger partial charge in [0.05, 0.1) is 11.6 Å². The number of halogens is 1. The largest absolute Gasteiger partial charge is 0.487 e. The minimum absolute atomic E-state index is 0.00668. The number of aliphatic imine (C=N–C) groups is 1. The van der Waals surface area contributed by atoms with Gasteiger partial charge in [-0.2, -0.15) is 0 Å². The number of para-hydroxylation sites is 1. The maximum atomic E-state index is 12.1. The summed E-state index contributed by atoms with van der Waals surface area (Å²) in [5.41, 5.74) is 1.80. The van der Waals surface area contributed by atoms with Crippen LogP contribution in [-0.4, -0.2) is 56.6 Å². The Morgan fingerprint density at radius 2 is 1.93 bits per heavy atom. The first-order chi connectivity index (χ1) is 14.4. The van der Waals surface area contributed by atoms with Crippen molar-refractivity contribution < 1.29 is 9.53 Å². The van der Waals surface area contributed by atoms with Crippen molar-refractivity contribution in [1.29, 1.82) is 0 Å². The summed E-state index contributed by atoms with van der Waals surface area (Å²) >= 11 is 6.15. The van der Waals surface area contributed by atoms with Gasteiger partial charge in [-0.15, -0.1) is 0 Å². The van der Waals surface area contributed by atoms with E-state index < -0.39 is 0 Å². The molecule has 30 heavy (non-hydrogen) atoms. The maximum absolute atomic E-state index is 12.1. The summed E-state index contributed by atoms with van der Waals surface area (Å²) in [5.74, 6) is 1.40. The van der Waals surface area contributed by atoms with E-state index in [1.54, 1.807) is 25.1 Å². The fraction of sp³-hybridized carbons (Fsp3) is 0.391. The molecule has 2 rings (SSSR count). The van der Waals surface area contributed by atoms with Crippen LogP contribution in [0.1, 0.15) is 29.8 Å². The van der Waals surface area contributed by atoms with Crippen molar-refractivity contribution >= 4 is 23.5 Å². The first-order valence-corrected chi connectivity index (χ1v) is 10.5. The highest BCUT2D eigenvalue weighted by molar-refractivity contribution is 6.32. The Morgan fingerprint density at radius 3 is 2.63 bits per heavy atom. The Balaban J connectivity index is 1.88. The van der Waals surface area contributed by atoms with Gasteiger partial charge >= 0.3 is 0 Å². The summed E-state index contributed by atoms with van der Waals surface area (Å²) < 4.78 is 5.87. The van der Waals surface area contributed by atoms with Crippen LogP contribution >= 0.6 is 11.6 Å². The average Bonchev–Trinajstić information content (AvgIpc) is 2.73. The number of hydrogen-bond donors (Lipinski definition) is 2. The molecule has 0 spiro atoms. The molecule has 1 amide bonds. The number of nitrogens with one attached hydrogen (secondary N) is 2. The van der Waals surface area contributed by atoms with Gasteiger partial charge in [0.25, 0.3) is 5.91 Å². The van der Waals surface area contributed by atoms with E-state index in [1.807, 2.05) is 56.3 Å². The van der Waals surface area contributed by atoms with Crippen LogP contribution in [0.25, 0.3) is 0 Å². The molecule has 1 unspecified atom stereocenters. The van der Waals surface area contributed by atoms with E-state index >= 15 is 0 Å². The highest BCUT2D eigenvalue weighted by atomic mass is 35.5. The topological polar surface area (TPSA) is 66.0 Å². The van der Waals surface area contributed by atoms with Crippen LogP contribution in [0.15, 0.2) is 53.5 Å². The highest BCUT2D eigenvalue weighted by Gasteiger charge is 2.09. The predicted molar refractivity (Wildman–Crippen MR) is 124 cm³/mol. The third kappa shape index (κ3) is 7.59. The van der Waals surface area contributed by atoms with E-state index in [1.165, 1.54) is 0 Å². The lowest BCUT2D eigenvalue weighted by Gasteiger charge is -2.16. The van der Waals surface area contributed by atoms with Gasteiger partial charge in [-0.05, 0) is 50.1 Å². The maximum Gasteiger partial charge on any atom is 0.253 e. The Labute approximate surface area is 184 Å². The molecule has 0 aliphatic rings. The quantitative estimate of drug-likeness (QED) is 0.471. The molecule has 0 saturated carbocycles. The van der Waals surface area contributed by atoms with Crippen LogP contribution in [-0.2, 0) is 6.42 Å². The minimum atomic E-state index is -0.117. The van der Waals surface area contributed by atoms with Gasteiger partial charge in [0.2, 0.25) is 0 Å². The van der Waals surface area contributed by atoms with E-state index in [-0.39, 0.29) is 12.0 Å². The van der Waals surface area contributed by atoms with E-state index in [0.717, 1.165) is 24.5 Å². The van der Waals surface area contributed by atoms with Crippen molar-refractivity contribution in [3.05, 3.63) is 64.7 Å². The predicted octanol–water partition coefficient (Wildman–Crippen LogP) is 3.61. The molecule has 0 saturated heterocycles. The lowest BCUT2D eigenvalue weighted by Crippen LogP contribution is -2.39. The molecule has 0 bridgehead atoms. The molecule has 0 aliphatic heterocycles. The fourth-order valence-electron chi connectivity index (χ4n) is 2.80. The first kappa shape index (κ1) is 23.5. The Bertz CT molecular complexity index is 855. The molecule has 0 heterocycles. The lowest BCUT2D eigenvalue weighted by atomic mass is 10.1. The molecule has 7 heteroatoms. The number of rotatable bonds is 9. The monoisotopic (exact) mass is 430 g/mol. The van der Waals surface area contributed by atoms with Crippen LogP contribution in [0.5, 0.6) is 5.75 Å². The van der Waals surface area contributed by atoms with Crippen molar-refractivity contribution in [3.63, 3.8) is 0 Å². The molecule has 1 atom stereocenters. The van der Waals surface area contributed by atoms with Gasteiger partial charge in [0.1, 0.15) is 11.9 Å². The summed E-state index contributed by atoms with van der Waals surface area (Å²) in [6.45, 7) is 5.94. The second-order valence-electron chi connectivity index (χ2n) is 7.16. The van der Waals surface area contributed by atoms with Crippen molar-refractivity contribution in [3.8, 4) is 5.75 Å². The SMILES string of the molecule is CCNC(=NCC(C)Oc1ccccc1Cl)NCCc1cccc(C(=O)N(C)C)c1. The zero-order chi connectivity index (χ0) is 21.9. The van der Waals surface area contributed by atoms with Crippen LogP contribution in [0.4, 0.5) is 0 Å². The summed E-state index contributed by atoms with van der Waals surface area (Å²) in [4.78, 5) is 18.3. The number of amides is 1. The highest BCUT2D eigenvalue weighted by Crippen LogP contribution is 2.24. The third-order valence-electron chi connectivity index (χ3n) is 4.30. The third-order valence-corrected chi connectivity index (χ3v) is 4.61. The number of ether oxygens (including phenoxy) is 1.